The minimum absolute atomic E-state index is 0.0394. The summed E-state index contributed by atoms with van der Waals surface area (Å²) in [5, 5.41) is 3.16. The lowest BCUT2D eigenvalue weighted by Gasteiger charge is -2.21. The molecule has 0 saturated heterocycles. The predicted octanol–water partition coefficient (Wildman–Crippen LogP) is 4.88. The number of hydrogen-bond donors (Lipinski definition) is 1. The molecule has 2 aromatic carbocycles. The highest BCUT2D eigenvalue weighted by Gasteiger charge is 2.21. The first-order chi connectivity index (χ1) is 13.9. The number of carbonyl (C=O) groups excluding carboxylic acids is 2. The van der Waals surface area contributed by atoms with Crippen molar-refractivity contribution in [3.05, 3.63) is 83.0 Å². The Bertz CT molecular complexity index is 1080. The number of benzene rings is 2. The average Bonchev–Trinajstić information content (AvgIpc) is 2.67. The van der Waals surface area contributed by atoms with Crippen LogP contribution in [-0.4, -0.2) is 16.8 Å². The van der Waals surface area contributed by atoms with Crippen molar-refractivity contribution in [2.45, 2.75) is 13.3 Å². The zero-order chi connectivity index (χ0) is 21.0. The summed E-state index contributed by atoms with van der Waals surface area (Å²) in [6, 6.07) is 13.4. The van der Waals surface area contributed by atoms with Crippen molar-refractivity contribution in [1.82, 2.24) is 4.98 Å². The first kappa shape index (κ1) is 20.4. The number of anilines is 3. The van der Waals surface area contributed by atoms with Gasteiger partial charge in [-0.2, -0.15) is 0 Å². The molecule has 0 unspecified atom stereocenters. The molecular weight excluding hydrogens is 400 g/mol. The summed E-state index contributed by atoms with van der Waals surface area (Å²) >= 11 is 6.07. The molecule has 0 radical (unpaired) electrons. The van der Waals surface area contributed by atoms with Crippen molar-refractivity contribution in [2.24, 2.45) is 0 Å². The molecule has 1 aromatic heterocycles. The van der Waals surface area contributed by atoms with Gasteiger partial charge >= 0.3 is 0 Å². The number of nitrogens with zero attached hydrogens (tertiary/aromatic N) is 2. The highest BCUT2D eigenvalue weighted by molar-refractivity contribution is 6.31. The molecule has 3 rings (SSSR count). The van der Waals surface area contributed by atoms with Crippen LogP contribution in [0.4, 0.5) is 26.0 Å². The van der Waals surface area contributed by atoms with Crippen LogP contribution in [0.5, 0.6) is 0 Å². The lowest BCUT2D eigenvalue weighted by molar-refractivity contribution is -0.116. The Hall–Kier alpha value is -3.32. The second-order valence-corrected chi connectivity index (χ2v) is 6.55. The topological polar surface area (TPSA) is 62.3 Å². The fourth-order valence-corrected chi connectivity index (χ4v) is 2.96. The van der Waals surface area contributed by atoms with Crippen LogP contribution in [0.25, 0.3) is 0 Å². The van der Waals surface area contributed by atoms with E-state index in [2.05, 4.69) is 10.3 Å². The lowest BCUT2D eigenvalue weighted by atomic mass is 10.1. The molecule has 8 heteroatoms. The summed E-state index contributed by atoms with van der Waals surface area (Å²) < 4.78 is 27.8. The monoisotopic (exact) mass is 415 g/mol. The van der Waals surface area contributed by atoms with Crippen LogP contribution in [0.3, 0.4) is 0 Å². The molecule has 0 saturated carbocycles. The van der Waals surface area contributed by atoms with Crippen molar-refractivity contribution in [3.63, 3.8) is 0 Å². The van der Waals surface area contributed by atoms with Gasteiger partial charge in [0.15, 0.2) is 11.6 Å². The van der Waals surface area contributed by atoms with Crippen LogP contribution in [-0.2, 0) is 16.0 Å². The number of carbonyl (C=O) groups is 2. The van der Waals surface area contributed by atoms with E-state index in [1.165, 1.54) is 37.4 Å². The summed E-state index contributed by atoms with van der Waals surface area (Å²) in [7, 11) is 0. The largest absolute Gasteiger partial charge is 0.326 e. The standard InChI is InChI=1S/C21H16ClF2N3O2/c1-13(28)27(18-8-4-7-17(23)21(18)24)19-12-15(9-10-25-19)26-20(29)11-14-5-2-3-6-16(14)22/h2-10,12H,11H2,1H3,(H,25,26,29). The molecule has 1 heterocycles. The van der Waals surface area contributed by atoms with Crippen LogP contribution in [0.2, 0.25) is 5.02 Å². The van der Waals surface area contributed by atoms with E-state index in [-0.39, 0.29) is 23.8 Å². The van der Waals surface area contributed by atoms with Crippen LogP contribution >= 0.6 is 11.6 Å². The molecule has 3 aromatic rings. The average molecular weight is 416 g/mol. The van der Waals surface area contributed by atoms with Crippen LogP contribution < -0.4 is 10.2 Å². The van der Waals surface area contributed by atoms with E-state index in [1.54, 1.807) is 24.3 Å². The molecule has 5 nitrogen and oxygen atoms in total. The fraction of sp³-hybridized carbons (Fsp3) is 0.0952. The second kappa shape index (κ2) is 8.79. The number of amides is 2. The summed E-state index contributed by atoms with van der Waals surface area (Å²) in [6.45, 7) is 1.20. The number of halogens is 3. The molecule has 0 aliphatic heterocycles. The molecule has 148 valence electrons. The third-order valence-corrected chi connectivity index (χ3v) is 4.42. The third-order valence-electron chi connectivity index (χ3n) is 4.05. The van der Waals surface area contributed by atoms with Gasteiger partial charge in [-0.25, -0.2) is 13.8 Å². The summed E-state index contributed by atoms with van der Waals surface area (Å²) in [6.07, 6.45) is 1.40. The molecular formula is C21H16ClF2N3O2. The van der Waals surface area contributed by atoms with Gasteiger partial charge in [-0.1, -0.05) is 35.9 Å². The van der Waals surface area contributed by atoms with Gasteiger partial charge in [-0.15, -0.1) is 0 Å². The van der Waals surface area contributed by atoms with Gasteiger partial charge in [-0.3, -0.25) is 14.5 Å². The first-order valence-electron chi connectivity index (χ1n) is 8.61. The molecule has 2 amide bonds. The van der Waals surface area contributed by atoms with Crippen molar-refractivity contribution < 1.29 is 18.4 Å². The molecule has 0 atom stereocenters. The normalized spacial score (nSPS) is 10.5. The highest BCUT2D eigenvalue weighted by Crippen LogP contribution is 2.29. The summed E-state index contributed by atoms with van der Waals surface area (Å²) in [5.74, 6) is -3.11. The Labute approximate surface area is 170 Å². The van der Waals surface area contributed by atoms with E-state index in [9.17, 15) is 18.4 Å². The quantitative estimate of drug-likeness (QED) is 0.646. The first-order valence-corrected chi connectivity index (χ1v) is 8.98. The van der Waals surface area contributed by atoms with Gasteiger partial charge in [0.2, 0.25) is 11.8 Å². The number of aromatic nitrogens is 1. The van der Waals surface area contributed by atoms with Gasteiger partial charge in [0, 0.05) is 29.9 Å². The van der Waals surface area contributed by atoms with Gasteiger partial charge in [0.1, 0.15) is 5.82 Å². The predicted molar refractivity (Wildman–Crippen MR) is 107 cm³/mol. The molecule has 0 aliphatic rings. The Kier molecular flexibility index (Phi) is 6.19. The van der Waals surface area contributed by atoms with E-state index in [1.807, 2.05) is 0 Å². The molecule has 0 aliphatic carbocycles. The van der Waals surface area contributed by atoms with E-state index < -0.39 is 17.5 Å². The SMILES string of the molecule is CC(=O)N(c1cc(NC(=O)Cc2ccccc2Cl)ccn1)c1cccc(F)c1F. The highest BCUT2D eigenvalue weighted by atomic mass is 35.5. The van der Waals surface area contributed by atoms with E-state index in [0.29, 0.717) is 16.3 Å². The van der Waals surface area contributed by atoms with Gasteiger partial charge in [-0.05, 0) is 29.8 Å². The Morgan fingerprint density at radius 3 is 2.59 bits per heavy atom. The van der Waals surface area contributed by atoms with Crippen LogP contribution in [0.15, 0.2) is 60.8 Å². The summed E-state index contributed by atoms with van der Waals surface area (Å²) in [5.41, 5.74) is 0.729. The number of pyridine rings is 1. The van der Waals surface area contributed by atoms with Crippen LogP contribution in [0, 0.1) is 11.6 Å². The van der Waals surface area contributed by atoms with E-state index in [0.717, 1.165) is 11.0 Å². The zero-order valence-corrected chi connectivity index (χ0v) is 16.1. The number of rotatable bonds is 5. The maximum Gasteiger partial charge on any atom is 0.229 e. The maximum atomic E-state index is 14.2. The molecule has 29 heavy (non-hydrogen) atoms. The Balaban J connectivity index is 1.85. The summed E-state index contributed by atoms with van der Waals surface area (Å²) in [4.78, 5) is 29.4. The molecule has 0 fully saturated rings. The van der Waals surface area contributed by atoms with Crippen molar-refractivity contribution in [2.75, 3.05) is 10.2 Å². The fourth-order valence-electron chi connectivity index (χ4n) is 2.76. The van der Waals surface area contributed by atoms with Crippen molar-refractivity contribution >= 4 is 40.6 Å². The van der Waals surface area contributed by atoms with E-state index in [4.69, 9.17) is 11.6 Å². The molecule has 1 N–H and O–H groups in total. The minimum Gasteiger partial charge on any atom is -0.326 e. The van der Waals surface area contributed by atoms with Crippen molar-refractivity contribution in [1.29, 1.82) is 0 Å². The van der Waals surface area contributed by atoms with Crippen molar-refractivity contribution in [3.8, 4) is 0 Å². The lowest BCUT2D eigenvalue weighted by Crippen LogP contribution is -2.25. The molecule has 0 spiro atoms. The maximum absolute atomic E-state index is 14.2. The Morgan fingerprint density at radius 2 is 1.86 bits per heavy atom. The number of nitrogens with one attached hydrogen (secondary N) is 1. The Morgan fingerprint density at radius 1 is 1.10 bits per heavy atom. The third kappa shape index (κ3) is 4.75. The van der Waals surface area contributed by atoms with Gasteiger partial charge in [0.25, 0.3) is 0 Å². The van der Waals surface area contributed by atoms with Crippen LogP contribution in [0.1, 0.15) is 12.5 Å². The van der Waals surface area contributed by atoms with Gasteiger partial charge < -0.3 is 5.32 Å². The smallest absolute Gasteiger partial charge is 0.229 e. The van der Waals surface area contributed by atoms with Gasteiger partial charge in [0.05, 0.1) is 12.1 Å². The minimum atomic E-state index is -1.17. The van der Waals surface area contributed by atoms with E-state index >= 15 is 0 Å². The second-order valence-electron chi connectivity index (χ2n) is 6.15. The molecule has 0 bridgehead atoms. The number of hydrogen-bond acceptors (Lipinski definition) is 3. The zero-order valence-electron chi connectivity index (χ0n) is 15.3.